The molecule has 136 valence electrons. The van der Waals surface area contributed by atoms with E-state index in [1.165, 1.54) is 4.31 Å². The Morgan fingerprint density at radius 3 is 2.50 bits per heavy atom. The van der Waals surface area contributed by atoms with E-state index in [9.17, 15) is 18.3 Å². The predicted octanol–water partition coefficient (Wildman–Crippen LogP) is 3.90. The van der Waals surface area contributed by atoms with E-state index in [0.717, 1.165) is 15.6 Å². The summed E-state index contributed by atoms with van der Waals surface area (Å²) < 4.78 is 28.6. The lowest BCUT2D eigenvalue weighted by Crippen LogP contribution is -2.39. The lowest BCUT2D eigenvalue weighted by Gasteiger charge is -2.34. The molecule has 2 aromatic carbocycles. The highest BCUT2D eigenvalue weighted by Gasteiger charge is 2.36. The summed E-state index contributed by atoms with van der Waals surface area (Å²) in [5.74, 6) is -1.10. The van der Waals surface area contributed by atoms with Crippen LogP contribution in [0.3, 0.4) is 0 Å². The third-order valence-corrected chi connectivity index (χ3v) is 6.76. The fourth-order valence-electron chi connectivity index (χ4n) is 2.98. The van der Waals surface area contributed by atoms with Gasteiger partial charge in [0.2, 0.25) is 10.0 Å². The van der Waals surface area contributed by atoms with Crippen molar-refractivity contribution in [3.05, 3.63) is 75.8 Å². The molecular weight excluding hydrogens is 418 g/mol. The molecule has 1 atom stereocenters. The number of carbonyl (C=O) groups is 1. The second-order valence-corrected chi connectivity index (χ2v) is 9.01. The number of carboxylic acid groups (broad SMARTS) is 1. The van der Waals surface area contributed by atoms with E-state index in [1.807, 2.05) is 31.2 Å². The smallest absolute Gasteiger partial charge is 0.332 e. The van der Waals surface area contributed by atoms with Crippen molar-refractivity contribution in [3.63, 3.8) is 0 Å². The van der Waals surface area contributed by atoms with Crippen molar-refractivity contribution in [3.8, 4) is 0 Å². The Morgan fingerprint density at radius 1 is 1.19 bits per heavy atom. The Balaban J connectivity index is 2.08. The predicted molar refractivity (Wildman–Crippen MR) is 102 cm³/mol. The molecule has 1 aliphatic rings. The maximum Gasteiger partial charge on any atom is 0.332 e. The van der Waals surface area contributed by atoms with Gasteiger partial charge in [0, 0.05) is 16.6 Å². The van der Waals surface area contributed by atoms with Crippen molar-refractivity contribution in [2.75, 3.05) is 6.54 Å². The highest BCUT2D eigenvalue weighted by Crippen LogP contribution is 2.35. The number of hydrogen-bond acceptors (Lipinski definition) is 3. The van der Waals surface area contributed by atoms with Crippen LogP contribution in [0.4, 0.5) is 0 Å². The van der Waals surface area contributed by atoms with Gasteiger partial charge in [0.05, 0.1) is 10.9 Å². The molecule has 3 rings (SSSR count). The lowest BCUT2D eigenvalue weighted by molar-refractivity contribution is -0.133. The molecule has 0 saturated heterocycles. The van der Waals surface area contributed by atoms with Crippen LogP contribution in [0.5, 0.6) is 0 Å². The van der Waals surface area contributed by atoms with Gasteiger partial charge < -0.3 is 5.11 Å². The van der Waals surface area contributed by atoms with Crippen LogP contribution in [0.25, 0.3) is 0 Å². The maximum atomic E-state index is 13.2. The van der Waals surface area contributed by atoms with Gasteiger partial charge in [-0.05, 0) is 43.2 Å². The zero-order chi connectivity index (χ0) is 18.9. The van der Waals surface area contributed by atoms with Crippen LogP contribution in [0.15, 0.2) is 69.5 Å². The van der Waals surface area contributed by atoms with Crippen molar-refractivity contribution < 1.29 is 18.3 Å². The summed E-state index contributed by atoms with van der Waals surface area (Å²) in [6, 6.07) is 13.5. The number of hydrogen-bond donors (Lipinski definition) is 1. The molecular formula is C19H18BrNO4S. The largest absolute Gasteiger partial charge is 0.478 e. The number of aliphatic carboxylic acids is 1. The standard InChI is InChI=1S/C19H18BrNO4S/c1-13-5-8-17(9-6-13)26(24,25)21-12-15(19(22)23)7-10-18(21)14-3-2-4-16(20)11-14/h2-9,11,18H,10,12H2,1H3,(H,22,23). The number of aryl methyl sites for hydroxylation is 1. The van der Waals surface area contributed by atoms with E-state index >= 15 is 0 Å². The average molecular weight is 436 g/mol. The Bertz CT molecular complexity index is 967. The zero-order valence-corrected chi connectivity index (χ0v) is 16.5. The third-order valence-electron chi connectivity index (χ3n) is 4.40. The van der Waals surface area contributed by atoms with E-state index in [0.29, 0.717) is 6.42 Å². The zero-order valence-electron chi connectivity index (χ0n) is 14.1. The second kappa shape index (κ2) is 7.34. The molecule has 1 unspecified atom stereocenters. The molecule has 2 aromatic rings. The molecule has 5 nitrogen and oxygen atoms in total. The monoisotopic (exact) mass is 435 g/mol. The SMILES string of the molecule is Cc1ccc(S(=O)(=O)N2CC(C(=O)O)=CCC2c2cccc(Br)c2)cc1. The van der Waals surface area contributed by atoms with Crippen LogP contribution < -0.4 is 0 Å². The molecule has 1 aliphatic heterocycles. The topological polar surface area (TPSA) is 74.7 Å². The summed E-state index contributed by atoms with van der Waals surface area (Å²) in [4.78, 5) is 11.6. The third kappa shape index (κ3) is 3.75. The van der Waals surface area contributed by atoms with Crippen LogP contribution in [0.2, 0.25) is 0 Å². The summed E-state index contributed by atoms with van der Waals surface area (Å²) in [7, 11) is -3.84. The van der Waals surface area contributed by atoms with Gasteiger partial charge in [-0.15, -0.1) is 0 Å². The Kier molecular flexibility index (Phi) is 5.32. The molecule has 0 amide bonds. The summed E-state index contributed by atoms with van der Waals surface area (Å²) in [5.41, 5.74) is 1.86. The van der Waals surface area contributed by atoms with E-state index in [4.69, 9.17) is 0 Å². The molecule has 0 aliphatic carbocycles. The van der Waals surface area contributed by atoms with Crippen LogP contribution >= 0.6 is 15.9 Å². The van der Waals surface area contributed by atoms with Crippen molar-refractivity contribution >= 4 is 31.9 Å². The fraction of sp³-hybridized carbons (Fsp3) is 0.211. The van der Waals surface area contributed by atoms with E-state index in [-0.39, 0.29) is 17.0 Å². The molecule has 0 saturated carbocycles. The molecule has 0 radical (unpaired) electrons. The Labute approximate surface area is 161 Å². The number of benzene rings is 2. The Hall–Kier alpha value is -1.96. The molecule has 1 heterocycles. The molecule has 7 heteroatoms. The first-order chi connectivity index (χ1) is 12.3. The van der Waals surface area contributed by atoms with Crippen molar-refractivity contribution in [1.82, 2.24) is 4.31 Å². The van der Waals surface area contributed by atoms with Crippen LogP contribution in [-0.4, -0.2) is 30.3 Å². The summed E-state index contributed by atoms with van der Waals surface area (Å²) >= 11 is 3.41. The van der Waals surface area contributed by atoms with Gasteiger partial charge in [0.15, 0.2) is 0 Å². The number of rotatable bonds is 4. The molecule has 0 aromatic heterocycles. The van der Waals surface area contributed by atoms with Gasteiger partial charge in [-0.1, -0.05) is 51.8 Å². The Morgan fingerprint density at radius 2 is 1.88 bits per heavy atom. The summed E-state index contributed by atoms with van der Waals surface area (Å²) in [6.45, 7) is 1.72. The molecule has 26 heavy (non-hydrogen) atoms. The van der Waals surface area contributed by atoms with E-state index in [2.05, 4.69) is 15.9 Å². The van der Waals surface area contributed by atoms with Crippen molar-refractivity contribution in [1.29, 1.82) is 0 Å². The normalized spacial score (nSPS) is 18.4. The molecule has 1 N–H and O–H groups in total. The fourth-order valence-corrected chi connectivity index (χ4v) is 5.00. The van der Waals surface area contributed by atoms with Gasteiger partial charge in [-0.2, -0.15) is 4.31 Å². The van der Waals surface area contributed by atoms with Gasteiger partial charge in [-0.3, -0.25) is 0 Å². The summed E-state index contributed by atoms with van der Waals surface area (Å²) in [5, 5.41) is 9.33. The number of carboxylic acids is 1. The summed E-state index contributed by atoms with van der Waals surface area (Å²) in [6.07, 6.45) is 1.91. The van der Waals surface area contributed by atoms with Gasteiger partial charge >= 0.3 is 5.97 Å². The first-order valence-corrected chi connectivity index (χ1v) is 10.3. The minimum atomic E-state index is -3.84. The van der Waals surface area contributed by atoms with Gasteiger partial charge in [0.1, 0.15) is 0 Å². The van der Waals surface area contributed by atoms with Crippen LogP contribution in [-0.2, 0) is 14.8 Å². The van der Waals surface area contributed by atoms with E-state index in [1.54, 1.807) is 30.3 Å². The minimum Gasteiger partial charge on any atom is -0.478 e. The number of nitrogens with zero attached hydrogens (tertiary/aromatic N) is 1. The van der Waals surface area contributed by atoms with Gasteiger partial charge in [0.25, 0.3) is 0 Å². The highest BCUT2D eigenvalue weighted by molar-refractivity contribution is 9.10. The molecule has 0 bridgehead atoms. The van der Waals surface area contributed by atoms with Crippen molar-refractivity contribution in [2.45, 2.75) is 24.3 Å². The average Bonchev–Trinajstić information content (AvgIpc) is 2.61. The van der Waals surface area contributed by atoms with Crippen molar-refractivity contribution in [2.24, 2.45) is 0 Å². The lowest BCUT2D eigenvalue weighted by atomic mass is 9.98. The quantitative estimate of drug-likeness (QED) is 0.789. The van der Waals surface area contributed by atoms with Crippen LogP contribution in [0.1, 0.15) is 23.6 Å². The first kappa shape index (κ1) is 18.8. The van der Waals surface area contributed by atoms with E-state index < -0.39 is 22.0 Å². The minimum absolute atomic E-state index is 0.0898. The molecule has 0 spiro atoms. The highest BCUT2D eigenvalue weighted by atomic mass is 79.9. The molecule has 0 fully saturated rings. The number of halogens is 1. The van der Waals surface area contributed by atoms with Gasteiger partial charge in [-0.25, -0.2) is 13.2 Å². The first-order valence-electron chi connectivity index (χ1n) is 8.05. The number of sulfonamides is 1. The second-order valence-electron chi connectivity index (χ2n) is 6.20. The maximum absolute atomic E-state index is 13.2. The van der Waals surface area contributed by atoms with Crippen LogP contribution in [0, 0.1) is 6.92 Å².